The lowest BCUT2D eigenvalue weighted by atomic mass is 10.1. The van der Waals surface area contributed by atoms with Crippen molar-refractivity contribution in [2.75, 3.05) is 5.75 Å². The third kappa shape index (κ3) is 5.30. The molecule has 0 spiro atoms. The van der Waals surface area contributed by atoms with Gasteiger partial charge in [0.05, 0.1) is 11.5 Å². The third-order valence-corrected chi connectivity index (χ3v) is 5.86. The maximum atomic E-state index is 12.4. The number of hydrogen-bond acceptors (Lipinski definition) is 6. The molecular formula is C25H23N5O2S. The first-order valence-electron chi connectivity index (χ1n) is 10.3. The van der Waals surface area contributed by atoms with E-state index in [0.29, 0.717) is 22.3 Å². The summed E-state index contributed by atoms with van der Waals surface area (Å²) in [5, 5.41) is 23.4. The lowest BCUT2D eigenvalue weighted by Crippen LogP contribution is -2.21. The number of aryl methyl sites for hydroxylation is 1. The van der Waals surface area contributed by atoms with E-state index in [1.54, 1.807) is 31.2 Å². The van der Waals surface area contributed by atoms with Crippen molar-refractivity contribution in [3.8, 4) is 22.8 Å². The van der Waals surface area contributed by atoms with Gasteiger partial charge in [0.2, 0.25) is 0 Å². The predicted molar refractivity (Wildman–Crippen MR) is 131 cm³/mol. The molecule has 4 rings (SSSR count). The summed E-state index contributed by atoms with van der Waals surface area (Å²) in [7, 11) is 0. The summed E-state index contributed by atoms with van der Waals surface area (Å²) in [5.74, 6) is 0.643. The van der Waals surface area contributed by atoms with Crippen LogP contribution < -0.4 is 5.43 Å². The van der Waals surface area contributed by atoms with Crippen LogP contribution in [0.4, 0.5) is 0 Å². The van der Waals surface area contributed by atoms with Crippen molar-refractivity contribution in [3.05, 3.63) is 90.0 Å². The first-order chi connectivity index (χ1) is 16.0. The summed E-state index contributed by atoms with van der Waals surface area (Å²) in [4.78, 5) is 12.4. The van der Waals surface area contributed by atoms with Crippen LogP contribution in [0.15, 0.2) is 89.1 Å². The van der Waals surface area contributed by atoms with E-state index in [2.05, 4.69) is 20.7 Å². The number of phenols is 1. The Morgan fingerprint density at radius 3 is 2.42 bits per heavy atom. The summed E-state index contributed by atoms with van der Waals surface area (Å²) in [6.07, 6.45) is 0. The van der Waals surface area contributed by atoms with Gasteiger partial charge in [-0.05, 0) is 38.1 Å². The number of hydrogen-bond donors (Lipinski definition) is 2. The average molecular weight is 458 g/mol. The van der Waals surface area contributed by atoms with Crippen molar-refractivity contribution < 1.29 is 9.90 Å². The van der Waals surface area contributed by atoms with Crippen LogP contribution in [0.1, 0.15) is 18.1 Å². The first-order valence-corrected chi connectivity index (χ1v) is 11.3. The molecule has 0 saturated carbocycles. The molecule has 8 heteroatoms. The summed E-state index contributed by atoms with van der Waals surface area (Å²) in [6.45, 7) is 3.76. The molecule has 1 amide bonds. The van der Waals surface area contributed by atoms with Crippen LogP contribution in [0, 0.1) is 6.92 Å². The normalized spacial score (nSPS) is 11.4. The topological polar surface area (TPSA) is 92.4 Å². The number of phenolic OH excluding ortho intramolecular Hbond substituents is 1. The van der Waals surface area contributed by atoms with Gasteiger partial charge in [-0.3, -0.25) is 9.36 Å². The molecule has 0 saturated heterocycles. The van der Waals surface area contributed by atoms with Gasteiger partial charge in [-0.1, -0.05) is 71.9 Å². The van der Waals surface area contributed by atoms with Crippen LogP contribution in [0.5, 0.6) is 5.75 Å². The summed E-state index contributed by atoms with van der Waals surface area (Å²) < 4.78 is 1.94. The monoisotopic (exact) mass is 457 g/mol. The fourth-order valence-corrected chi connectivity index (χ4v) is 3.96. The Kier molecular flexibility index (Phi) is 6.85. The number of nitrogens with zero attached hydrogens (tertiary/aromatic N) is 4. The summed E-state index contributed by atoms with van der Waals surface area (Å²) >= 11 is 1.28. The lowest BCUT2D eigenvalue weighted by molar-refractivity contribution is -0.118. The number of para-hydroxylation sites is 2. The fourth-order valence-electron chi connectivity index (χ4n) is 3.21. The zero-order valence-electron chi connectivity index (χ0n) is 18.3. The maximum absolute atomic E-state index is 12.4. The van der Waals surface area contributed by atoms with Crippen molar-refractivity contribution >= 4 is 23.4 Å². The number of nitrogens with one attached hydrogen (secondary N) is 1. The van der Waals surface area contributed by atoms with Gasteiger partial charge < -0.3 is 5.11 Å². The Morgan fingerprint density at radius 1 is 1.00 bits per heavy atom. The molecule has 3 aromatic carbocycles. The smallest absolute Gasteiger partial charge is 0.250 e. The van der Waals surface area contributed by atoms with Crippen LogP contribution in [0.25, 0.3) is 17.1 Å². The van der Waals surface area contributed by atoms with E-state index >= 15 is 0 Å². The Hall–Kier alpha value is -3.91. The Balaban J connectivity index is 1.52. The molecule has 0 aliphatic carbocycles. The van der Waals surface area contributed by atoms with E-state index < -0.39 is 0 Å². The molecular weight excluding hydrogens is 434 g/mol. The first kappa shape index (κ1) is 22.3. The van der Waals surface area contributed by atoms with Crippen LogP contribution >= 0.6 is 11.8 Å². The number of carbonyl (C=O) groups excluding carboxylic acids is 1. The SMILES string of the molecule is C/C(=N\NC(=O)CSc1nnc(-c2ccc(C)cc2)n1-c1ccccc1)c1ccccc1O. The van der Waals surface area contributed by atoms with Crippen molar-refractivity contribution in [3.63, 3.8) is 0 Å². The molecule has 33 heavy (non-hydrogen) atoms. The highest BCUT2D eigenvalue weighted by Gasteiger charge is 2.17. The Morgan fingerprint density at radius 2 is 1.70 bits per heavy atom. The molecule has 2 N–H and O–H groups in total. The number of thioether (sulfide) groups is 1. The van der Waals surface area contributed by atoms with Crippen molar-refractivity contribution in [1.29, 1.82) is 0 Å². The highest BCUT2D eigenvalue weighted by atomic mass is 32.2. The third-order valence-electron chi connectivity index (χ3n) is 4.93. The predicted octanol–water partition coefficient (Wildman–Crippen LogP) is 4.58. The van der Waals surface area contributed by atoms with Crippen LogP contribution in [0.3, 0.4) is 0 Å². The molecule has 1 aromatic heterocycles. The van der Waals surface area contributed by atoms with E-state index in [1.807, 2.05) is 66.1 Å². The zero-order valence-corrected chi connectivity index (χ0v) is 19.1. The molecule has 4 aromatic rings. The average Bonchev–Trinajstić information content (AvgIpc) is 3.26. The highest BCUT2D eigenvalue weighted by molar-refractivity contribution is 7.99. The summed E-state index contributed by atoms with van der Waals surface area (Å²) in [6, 6.07) is 24.7. The number of aromatic nitrogens is 3. The fraction of sp³-hybridized carbons (Fsp3) is 0.120. The van der Waals surface area contributed by atoms with E-state index in [9.17, 15) is 9.90 Å². The van der Waals surface area contributed by atoms with Gasteiger partial charge in [-0.2, -0.15) is 5.10 Å². The van der Waals surface area contributed by atoms with E-state index in [-0.39, 0.29) is 17.4 Å². The number of amides is 1. The largest absolute Gasteiger partial charge is 0.507 e. The number of benzene rings is 3. The molecule has 0 aliphatic heterocycles. The number of rotatable bonds is 7. The standard InChI is InChI=1S/C25H23N5O2S/c1-17-12-14-19(15-13-17)24-28-29-25(30(24)20-8-4-3-5-9-20)33-16-23(32)27-26-18(2)21-10-6-7-11-22(21)31/h3-15,31H,16H2,1-2H3,(H,27,32)/b26-18+. The minimum Gasteiger partial charge on any atom is -0.507 e. The number of aromatic hydroxyl groups is 1. The Labute approximate surface area is 196 Å². The van der Waals surface area contributed by atoms with E-state index in [0.717, 1.165) is 16.8 Å². The van der Waals surface area contributed by atoms with E-state index in [4.69, 9.17) is 0 Å². The summed E-state index contributed by atoms with van der Waals surface area (Å²) in [5.41, 5.74) is 6.64. The lowest BCUT2D eigenvalue weighted by Gasteiger charge is -2.10. The quantitative estimate of drug-likeness (QED) is 0.241. The zero-order chi connectivity index (χ0) is 23.2. The van der Waals surface area contributed by atoms with Crippen molar-refractivity contribution in [2.45, 2.75) is 19.0 Å². The molecule has 0 fully saturated rings. The second-order valence-corrected chi connectivity index (χ2v) is 8.32. The molecule has 0 radical (unpaired) electrons. The van der Waals surface area contributed by atoms with Gasteiger partial charge in [-0.25, -0.2) is 5.43 Å². The Bertz CT molecular complexity index is 1280. The van der Waals surface area contributed by atoms with Gasteiger partial charge in [0.25, 0.3) is 5.91 Å². The molecule has 0 unspecified atom stereocenters. The molecule has 0 atom stereocenters. The van der Waals surface area contributed by atoms with Gasteiger partial charge in [0, 0.05) is 16.8 Å². The minimum atomic E-state index is -0.283. The molecule has 1 heterocycles. The minimum absolute atomic E-state index is 0.108. The van der Waals surface area contributed by atoms with Gasteiger partial charge in [0.1, 0.15) is 5.75 Å². The van der Waals surface area contributed by atoms with Crippen molar-refractivity contribution in [2.24, 2.45) is 5.10 Å². The van der Waals surface area contributed by atoms with Crippen LogP contribution in [-0.2, 0) is 4.79 Å². The van der Waals surface area contributed by atoms with Gasteiger partial charge in [0.15, 0.2) is 11.0 Å². The number of carbonyl (C=O) groups is 1. The van der Waals surface area contributed by atoms with Gasteiger partial charge in [-0.15, -0.1) is 10.2 Å². The van der Waals surface area contributed by atoms with E-state index in [1.165, 1.54) is 11.8 Å². The molecule has 0 aliphatic rings. The van der Waals surface area contributed by atoms with Gasteiger partial charge >= 0.3 is 0 Å². The van der Waals surface area contributed by atoms with Crippen molar-refractivity contribution in [1.82, 2.24) is 20.2 Å². The van der Waals surface area contributed by atoms with Crippen LogP contribution in [0.2, 0.25) is 0 Å². The second kappa shape index (κ2) is 10.1. The second-order valence-electron chi connectivity index (χ2n) is 7.38. The van der Waals surface area contributed by atoms with Crippen LogP contribution in [-0.4, -0.2) is 37.2 Å². The molecule has 0 bridgehead atoms. The maximum Gasteiger partial charge on any atom is 0.250 e. The molecule has 166 valence electrons. The molecule has 7 nitrogen and oxygen atoms in total. The number of hydrazone groups is 1. The highest BCUT2D eigenvalue weighted by Crippen LogP contribution is 2.28.